The molecule has 2 N–H and O–H groups in total. The topological polar surface area (TPSA) is 77.8 Å². The van der Waals surface area contributed by atoms with E-state index in [1.165, 1.54) is 4.67 Å². The lowest BCUT2D eigenvalue weighted by molar-refractivity contribution is -0.137. The van der Waals surface area contributed by atoms with E-state index in [0.29, 0.717) is 0 Å². The summed E-state index contributed by atoms with van der Waals surface area (Å²) in [5.74, 6) is -0.918. The fourth-order valence-corrected chi connectivity index (χ4v) is 4.13. The molecular weight excluding hydrogens is 361 g/mol. The van der Waals surface area contributed by atoms with Gasteiger partial charge in [-0.3, -0.25) is 9.36 Å². The Labute approximate surface area is 158 Å². The number of fused-ring (bicyclic) bond motifs is 1. The van der Waals surface area contributed by atoms with Crippen molar-refractivity contribution >= 4 is 24.9 Å². The Kier molecular flexibility index (Phi) is 6.40. The van der Waals surface area contributed by atoms with Gasteiger partial charge in [0.25, 0.3) is 8.18 Å². The molecule has 2 unspecified atom stereocenters. The summed E-state index contributed by atoms with van der Waals surface area (Å²) >= 11 is 0. The lowest BCUT2D eigenvalue weighted by Crippen LogP contribution is -2.23. The first-order chi connectivity index (χ1) is 13.0. The molecule has 0 spiro atoms. The first-order valence-electron chi connectivity index (χ1n) is 8.78. The summed E-state index contributed by atoms with van der Waals surface area (Å²) in [4.78, 5) is 21.2. The van der Waals surface area contributed by atoms with Crippen molar-refractivity contribution in [2.24, 2.45) is 0 Å². The minimum Gasteiger partial charge on any atom is -0.481 e. The van der Waals surface area contributed by atoms with Crippen molar-refractivity contribution in [2.45, 2.75) is 25.4 Å². The summed E-state index contributed by atoms with van der Waals surface area (Å²) in [6.45, 7) is 0.284. The van der Waals surface area contributed by atoms with Crippen molar-refractivity contribution in [2.75, 3.05) is 0 Å². The van der Waals surface area contributed by atoms with Crippen LogP contribution < -0.4 is 0 Å². The number of hydrogen-bond acceptors (Lipinski definition) is 2. The Bertz CT molecular complexity index is 945. The Hall–Kier alpha value is -2.46. The van der Waals surface area contributed by atoms with Gasteiger partial charge in [-0.05, 0) is 34.4 Å². The molecule has 0 aliphatic carbocycles. The average molecular weight is 383 g/mol. The summed E-state index contributed by atoms with van der Waals surface area (Å²) in [6.07, 6.45) is 0.190. The molecule has 0 fully saturated rings. The molecule has 0 aromatic heterocycles. The SMILES string of the molecule is O=C(O)CCC(c1ccc2ccccc2c1)N(Cc1ccccc1)[PH](=O)O. The minimum absolute atomic E-state index is 0.0715. The van der Waals surface area contributed by atoms with Crippen LogP contribution in [0.3, 0.4) is 0 Å². The van der Waals surface area contributed by atoms with E-state index < -0.39 is 20.2 Å². The Morgan fingerprint density at radius 1 is 0.963 bits per heavy atom. The van der Waals surface area contributed by atoms with Crippen molar-refractivity contribution in [1.29, 1.82) is 0 Å². The number of aliphatic carboxylic acids is 1. The molecule has 3 aromatic carbocycles. The highest BCUT2D eigenvalue weighted by Crippen LogP contribution is 2.39. The Morgan fingerprint density at radius 3 is 2.30 bits per heavy atom. The van der Waals surface area contributed by atoms with E-state index in [-0.39, 0.29) is 19.4 Å². The lowest BCUT2D eigenvalue weighted by atomic mass is 9.98. The van der Waals surface area contributed by atoms with E-state index >= 15 is 0 Å². The van der Waals surface area contributed by atoms with Crippen LogP contribution in [0.5, 0.6) is 0 Å². The zero-order valence-electron chi connectivity index (χ0n) is 14.8. The highest BCUT2D eigenvalue weighted by atomic mass is 31.1. The highest BCUT2D eigenvalue weighted by molar-refractivity contribution is 7.35. The van der Waals surface area contributed by atoms with Gasteiger partial charge in [0.1, 0.15) is 0 Å². The van der Waals surface area contributed by atoms with Crippen LogP contribution in [0.25, 0.3) is 10.8 Å². The van der Waals surface area contributed by atoms with Crippen molar-refractivity contribution in [3.8, 4) is 0 Å². The van der Waals surface area contributed by atoms with Crippen molar-refractivity contribution < 1.29 is 19.4 Å². The van der Waals surface area contributed by atoms with Gasteiger partial charge in [-0.2, -0.15) is 0 Å². The molecule has 0 amide bonds. The maximum absolute atomic E-state index is 12.2. The highest BCUT2D eigenvalue weighted by Gasteiger charge is 2.25. The van der Waals surface area contributed by atoms with Crippen LogP contribution in [0.1, 0.15) is 30.0 Å². The molecule has 6 heteroatoms. The molecule has 0 saturated carbocycles. The second-order valence-corrected chi connectivity index (χ2v) is 7.59. The van der Waals surface area contributed by atoms with Crippen LogP contribution in [0, 0.1) is 0 Å². The number of hydrogen-bond donors (Lipinski definition) is 2. The fraction of sp³-hybridized carbons (Fsp3) is 0.190. The third kappa shape index (κ3) is 5.04. The molecule has 140 valence electrons. The van der Waals surface area contributed by atoms with Gasteiger partial charge in [0.15, 0.2) is 0 Å². The van der Waals surface area contributed by atoms with Gasteiger partial charge >= 0.3 is 5.97 Å². The normalized spacial score (nSPS) is 13.6. The van der Waals surface area contributed by atoms with Gasteiger partial charge in [-0.15, -0.1) is 0 Å². The van der Waals surface area contributed by atoms with Gasteiger partial charge in [0.05, 0.1) is 0 Å². The second kappa shape index (κ2) is 8.96. The van der Waals surface area contributed by atoms with Crippen LogP contribution in [0.4, 0.5) is 0 Å². The van der Waals surface area contributed by atoms with E-state index in [9.17, 15) is 14.3 Å². The van der Waals surface area contributed by atoms with Crippen LogP contribution in [0.15, 0.2) is 72.8 Å². The van der Waals surface area contributed by atoms with E-state index in [1.807, 2.05) is 72.8 Å². The quantitative estimate of drug-likeness (QED) is 0.555. The predicted octanol–water partition coefficient (Wildman–Crippen LogP) is 4.63. The van der Waals surface area contributed by atoms with Crippen LogP contribution in [-0.4, -0.2) is 20.6 Å². The van der Waals surface area contributed by atoms with E-state index in [2.05, 4.69) is 0 Å². The first kappa shape index (κ1) is 19.3. The number of carboxylic acids is 1. The average Bonchev–Trinajstić information content (AvgIpc) is 2.67. The monoisotopic (exact) mass is 383 g/mol. The predicted molar refractivity (Wildman–Crippen MR) is 107 cm³/mol. The number of carbonyl (C=O) groups is 1. The third-order valence-corrected chi connectivity index (χ3v) is 5.57. The number of carboxylic acid groups (broad SMARTS) is 1. The standard InChI is InChI=1S/C21H22NO4P/c23-21(24)13-12-20(19-11-10-17-8-4-5-9-18(17)14-19)22(27(25)26)15-16-6-2-1-3-7-16/h1-11,14,20,27H,12-13,15H2,(H,23,24)(H,25,26). The van der Waals surface area contributed by atoms with Crippen LogP contribution in [-0.2, 0) is 15.9 Å². The van der Waals surface area contributed by atoms with E-state index in [0.717, 1.165) is 21.9 Å². The summed E-state index contributed by atoms with van der Waals surface area (Å²) in [5.41, 5.74) is 1.75. The maximum Gasteiger partial charge on any atom is 0.303 e. The number of nitrogens with zero attached hydrogens (tertiary/aromatic N) is 1. The number of rotatable bonds is 8. The van der Waals surface area contributed by atoms with Gasteiger partial charge in [-0.1, -0.05) is 66.7 Å². The first-order valence-corrected chi connectivity index (χ1v) is 10.1. The zero-order valence-corrected chi connectivity index (χ0v) is 15.8. The van der Waals surface area contributed by atoms with Gasteiger partial charge < -0.3 is 10.00 Å². The summed E-state index contributed by atoms with van der Waals surface area (Å²) < 4.78 is 13.7. The Morgan fingerprint density at radius 2 is 1.63 bits per heavy atom. The smallest absolute Gasteiger partial charge is 0.303 e. The Balaban J connectivity index is 1.98. The maximum atomic E-state index is 12.2. The van der Waals surface area contributed by atoms with E-state index in [4.69, 9.17) is 5.11 Å². The fourth-order valence-electron chi connectivity index (χ4n) is 3.27. The van der Waals surface area contributed by atoms with E-state index in [1.54, 1.807) is 0 Å². The molecule has 5 nitrogen and oxygen atoms in total. The molecule has 0 radical (unpaired) electrons. The third-order valence-electron chi connectivity index (χ3n) is 4.61. The molecule has 0 heterocycles. The number of benzene rings is 3. The van der Waals surface area contributed by atoms with Crippen LogP contribution in [0.2, 0.25) is 0 Å². The molecule has 0 aliphatic heterocycles. The summed E-state index contributed by atoms with van der Waals surface area (Å²) in [6, 6.07) is 22.7. The molecule has 2 atom stereocenters. The largest absolute Gasteiger partial charge is 0.481 e. The molecule has 27 heavy (non-hydrogen) atoms. The lowest BCUT2D eigenvalue weighted by Gasteiger charge is -2.29. The zero-order chi connectivity index (χ0) is 19.2. The molecule has 3 aromatic rings. The minimum atomic E-state index is -3.03. The van der Waals surface area contributed by atoms with Gasteiger partial charge in [0.2, 0.25) is 0 Å². The van der Waals surface area contributed by atoms with Gasteiger partial charge in [0, 0.05) is 19.0 Å². The summed E-state index contributed by atoms with van der Waals surface area (Å²) in [7, 11) is -3.03. The van der Waals surface area contributed by atoms with Crippen molar-refractivity contribution in [3.05, 3.63) is 83.9 Å². The molecule has 3 rings (SSSR count). The second-order valence-electron chi connectivity index (χ2n) is 6.45. The van der Waals surface area contributed by atoms with Crippen LogP contribution >= 0.6 is 8.18 Å². The molecule has 0 saturated heterocycles. The van der Waals surface area contributed by atoms with Crippen molar-refractivity contribution in [3.63, 3.8) is 0 Å². The summed E-state index contributed by atoms with van der Waals surface area (Å²) in [5, 5.41) is 11.2. The molecule has 0 aliphatic rings. The van der Waals surface area contributed by atoms with Gasteiger partial charge in [-0.25, -0.2) is 4.67 Å². The molecular formula is C21H22NO4P. The van der Waals surface area contributed by atoms with Crippen molar-refractivity contribution in [1.82, 2.24) is 4.67 Å². The molecule has 0 bridgehead atoms.